The Bertz CT molecular complexity index is 2720. The lowest BCUT2D eigenvalue weighted by molar-refractivity contribution is -0.118. The van der Waals surface area contributed by atoms with E-state index in [1.54, 1.807) is 44.4 Å². The topological polar surface area (TPSA) is 205 Å². The van der Waals surface area contributed by atoms with Crippen LogP contribution in [0.4, 0.5) is 33.7 Å². The molecule has 0 radical (unpaired) electrons. The van der Waals surface area contributed by atoms with Crippen molar-refractivity contribution in [3.8, 4) is 5.88 Å². The fourth-order valence-electron chi connectivity index (χ4n) is 7.36. The highest BCUT2D eigenvalue weighted by Crippen LogP contribution is 2.31. The number of alkyl halides is 1. The van der Waals surface area contributed by atoms with Crippen LogP contribution in [0.3, 0.4) is 0 Å². The van der Waals surface area contributed by atoms with Gasteiger partial charge >= 0.3 is 0 Å². The van der Waals surface area contributed by atoms with Crippen LogP contribution in [0.1, 0.15) is 11.4 Å². The van der Waals surface area contributed by atoms with E-state index in [1.807, 2.05) is 37.1 Å². The Morgan fingerprint density at radius 3 is 2.69 bits per heavy atom. The molecule has 0 unspecified atom stereocenters. The number of piperazine rings is 1. The van der Waals surface area contributed by atoms with Crippen molar-refractivity contribution in [1.82, 2.24) is 69.5 Å². The molecule has 6 aromatic heterocycles. The molecule has 2 atom stereocenters. The fraction of sp³-hybridized carbons (Fsp3) is 0.378. The van der Waals surface area contributed by atoms with Crippen molar-refractivity contribution < 1.29 is 13.9 Å². The summed E-state index contributed by atoms with van der Waals surface area (Å²) >= 11 is 3.61. The number of hydrogen-bond donors (Lipinski definition) is 4. The van der Waals surface area contributed by atoms with E-state index in [9.17, 15) is 4.79 Å². The minimum Gasteiger partial charge on any atom is -0.478 e. The van der Waals surface area contributed by atoms with Crippen molar-refractivity contribution in [1.29, 1.82) is 0 Å². The van der Waals surface area contributed by atoms with Crippen LogP contribution in [0.2, 0.25) is 0 Å². The van der Waals surface area contributed by atoms with Gasteiger partial charge in [-0.2, -0.15) is 29.5 Å². The molecule has 20 nitrogen and oxygen atoms in total. The molecule has 0 spiro atoms. The number of methoxy groups -OCH3 is 1. The van der Waals surface area contributed by atoms with E-state index in [0.29, 0.717) is 56.4 Å². The molecule has 306 valence electrons. The quantitative estimate of drug-likeness (QED) is 0.130. The van der Waals surface area contributed by atoms with Gasteiger partial charge < -0.3 is 44.9 Å². The zero-order valence-corrected chi connectivity index (χ0v) is 34.4. The molecule has 0 saturated carbocycles. The number of hydrogen-bond acceptors (Lipinski definition) is 15. The van der Waals surface area contributed by atoms with Gasteiger partial charge in [-0.15, -0.1) is 5.10 Å². The molecule has 4 N–H and O–H groups in total. The molecule has 2 saturated heterocycles. The van der Waals surface area contributed by atoms with Crippen molar-refractivity contribution >= 4 is 79.0 Å². The molecule has 0 bridgehead atoms. The number of aromatic nitrogens is 12. The molecule has 1 aromatic carbocycles. The van der Waals surface area contributed by atoms with E-state index in [1.165, 1.54) is 7.11 Å². The number of rotatable bonds is 12. The maximum absolute atomic E-state index is 15.9. The summed E-state index contributed by atoms with van der Waals surface area (Å²) in [7, 11) is 5.13. The molecule has 7 aromatic rings. The third kappa shape index (κ3) is 7.44. The smallest absolute Gasteiger partial charge is 0.256 e. The van der Waals surface area contributed by atoms with Gasteiger partial charge in [0.25, 0.3) is 5.88 Å². The van der Waals surface area contributed by atoms with Crippen molar-refractivity contribution in [2.45, 2.75) is 25.7 Å². The molecule has 0 aliphatic carbocycles. The second kappa shape index (κ2) is 15.4. The zero-order chi connectivity index (χ0) is 40.9. The first-order valence-electron chi connectivity index (χ1n) is 19.0. The molecule has 8 heterocycles. The average Bonchev–Trinajstić information content (AvgIpc) is 4.06. The Hall–Kier alpha value is -6.42. The number of halogens is 2. The van der Waals surface area contributed by atoms with Gasteiger partial charge in [-0.3, -0.25) is 9.48 Å². The van der Waals surface area contributed by atoms with Gasteiger partial charge in [0.1, 0.15) is 17.7 Å². The summed E-state index contributed by atoms with van der Waals surface area (Å²) in [6.45, 7) is 9.55. The largest absolute Gasteiger partial charge is 0.478 e. The first-order valence-corrected chi connectivity index (χ1v) is 19.8. The number of fused-ring (bicyclic) bond motifs is 3. The number of amides is 1. The van der Waals surface area contributed by atoms with E-state index >= 15 is 4.39 Å². The minimum atomic E-state index is -1.42. The van der Waals surface area contributed by atoms with Gasteiger partial charge in [0.05, 0.1) is 67.0 Å². The minimum absolute atomic E-state index is 0.0208. The number of imidazole rings is 2. The number of aromatic amines is 1. The first kappa shape index (κ1) is 38.1. The normalized spacial score (nSPS) is 17.1. The van der Waals surface area contributed by atoms with E-state index in [0.717, 1.165) is 42.8 Å². The third-order valence-corrected chi connectivity index (χ3v) is 10.9. The first-order chi connectivity index (χ1) is 28.5. The van der Waals surface area contributed by atoms with Crippen LogP contribution in [0, 0.1) is 6.92 Å². The maximum Gasteiger partial charge on any atom is 0.256 e. The lowest BCUT2D eigenvalue weighted by Crippen LogP contribution is -2.45. The molecule has 2 fully saturated rings. The number of H-pyrrole nitrogens is 1. The third-order valence-electron chi connectivity index (χ3n) is 10.3. The Labute approximate surface area is 345 Å². The van der Waals surface area contributed by atoms with Gasteiger partial charge in [0.15, 0.2) is 22.6 Å². The summed E-state index contributed by atoms with van der Waals surface area (Å²) in [6, 6.07) is 5.13. The monoisotopic (exact) mass is 868 g/mol. The molecular weight excluding hydrogens is 827 g/mol. The maximum atomic E-state index is 15.9. The number of carbonyl (C=O) groups excluding carboxylic acids is 1. The summed E-state index contributed by atoms with van der Waals surface area (Å²) in [6.07, 6.45) is 3.63. The molecule has 22 heteroatoms. The number of nitrogens with one attached hydrogen (secondary N) is 4. The highest BCUT2D eigenvalue weighted by atomic mass is 79.9. The SMILES string of the molecule is C=C(CN(Cc1nc2ccc(C)cc2[nH]1)c1nc(N2CCNCC2)nc2c(Br)cnn12)C(=O)N[C@@H]1CN(c2nc(Nc3cn(C)nc3OC)c3ncn(C)c3n2)C[C@H]1F. The van der Waals surface area contributed by atoms with Crippen LogP contribution in [-0.4, -0.2) is 130 Å². The lowest BCUT2D eigenvalue weighted by Gasteiger charge is -2.29. The Morgan fingerprint density at radius 2 is 1.88 bits per heavy atom. The van der Waals surface area contributed by atoms with Crippen LogP contribution >= 0.6 is 15.9 Å². The summed E-state index contributed by atoms with van der Waals surface area (Å²) < 4.78 is 27.0. The standard InChI is InChI=1S/C37H42BrFN18O2/c1-20-6-7-24-25(12-20)44-28(43-24)18-56(37-50-36(54-10-8-40-9-11-54)48-31-22(38)13-42-57(31)37)14-21(2)33(58)46-26-17-55(15-23(26)39)35-47-30(29-32(49-35)52(3)19-41-29)45-27-16-53(4)51-34(27)59-5/h6-7,12-13,16,19,23,26,40H,2,8-11,14-15,17-18H2,1,3-5H3,(H,43,44)(H,46,58)(H,45,47,49)/t23-,26-/m1/s1. The van der Waals surface area contributed by atoms with Crippen molar-refractivity contribution in [2.24, 2.45) is 14.1 Å². The number of carbonyl (C=O) groups is 1. The van der Waals surface area contributed by atoms with Crippen LogP contribution < -0.4 is 35.4 Å². The highest BCUT2D eigenvalue weighted by Gasteiger charge is 2.37. The van der Waals surface area contributed by atoms with Crippen molar-refractivity contribution in [3.63, 3.8) is 0 Å². The van der Waals surface area contributed by atoms with Gasteiger partial charge in [0, 0.05) is 52.4 Å². The number of nitrogens with zero attached hydrogens (tertiary/aromatic N) is 14. The summed E-state index contributed by atoms with van der Waals surface area (Å²) in [5.41, 5.74) is 5.19. The van der Waals surface area contributed by atoms with Gasteiger partial charge in [0.2, 0.25) is 23.8 Å². The summed E-state index contributed by atoms with van der Waals surface area (Å²) in [5.74, 6) is 2.16. The van der Waals surface area contributed by atoms with Gasteiger partial charge in [-0.05, 0) is 40.5 Å². The lowest BCUT2D eigenvalue weighted by atomic mass is 10.2. The summed E-state index contributed by atoms with van der Waals surface area (Å²) in [4.78, 5) is 51.8. The number of anilines is 5. The Balaban J connectivity index is 0.973. The predicted molar refractivity (Wildman–Crippen MR) is 223 cm³/mol. The van der Waals surface area contributed by atoms with Gasteiger partial charge in [-0.1, -0.05) is 12.6 Å². The van der Waals surface area contributed by atoms with Crippen LogP contribution in [0.5, 0.6) is 5.88 Å². The second-order valence-corrected chi connectivity index (χ2v) is 15.6. The fourth-order valence-corrected chi connectivity index (χ4v) is 7.71. The highest BCUT2D eigenvalue weighted by molar-refractivity contribution is 9.10. The molecule has 1 amide bonds. The van der Waals surface area contributed by atoms with Crippen LogP contribution in [0.25, 0.3) is 27.8 Å². The van der Waals surface area contributed by atoms with Crippen LogP contribution in [0.15, 0.2) is 53.5 Å². The molecule has 59 heavy (non-hydrogen) atoms. The second-order valence-electron chi connectivity index (χ2n) is 14.7. The molecule has 2 aliphatic rings. The number of ether oxygens (including phenoxy) is 1. The molecule has 2 aliphatic heterocycles. The Morgan fingerprint density at radius 1 is 1.08 bits per heavy atom. The van der Waals surface area contributed by atoms with Gasteiger partial charge in [-0.25, -0.2) is 14.4 Å². The predicted octanol–water partition coefficient (Wildman–Crippen LogP) is 2.55. The molecule has 9 rings (SSSR count). The Kier molecular flexibility index (Phi) is 9.95. The van der Waals surface area contributed by atoms with Crippen molar-refractivity contribution in [2.75, 3.05) is 72.9 Å². The van der Waals surface area contributed by atoms with E-state index in [4.69, 9.17) is 29.7 Å². The number of aryl methyl sites for hydroxylation is 3. The average molecular weight is 870 g/mol. The van der Waals surface area contributed by atoms with Crippen LogP contribution in [-0.2, 0) is 25.4 Å². The van der Waals surface area contributed by atoms with E-state index in [2.05, 4.69) is 63.5 Å². The van der Waals surface area contributed by atoms with E-state index in [-0.39, 0.29) is 37.7 Å². The molecular formula is C37H42BrFN18O2. The zero-order valence-electron chi connectivity index (χ0n) is 32.8. The van der Waals surface area contributed by atoms with Crippen molar-refractivity contribution in [3.05, 3.63) is 64.9 Å². The summed E-state index contributed by atoms with van der Waals surface area (Å²) in [5, 5.41) is 18.4. The number of benzene rings is 1. The van der Waals surface area contributed by atoms with E-state index < -0.39 is 18.1 Å².